The van der Waals surface area contributed by atoms with Gasteiger partial charge in [-0.05, 0) is 18.2 Å². The first-order valence-corrected chi connectivity index (χ1v) is 8.61. The predicted molar refractivity (Wildman–Crippen MR) is 98.2 cm³/mol. The Kier molecular flexibility index (Phi) is 5.80. The number of carbonyl (C=O) groups is 2. The van der Waals surface area contributed by atoms with Gasteiger partial charge in [0.2, 0.25) is 0 Å². The summed E-state index contributed by atoms with van der Waals surface area (Å²) in [7, 11) is 0. The Bertz CT molecular complexity index is 909. The molecule has 3 aromatic rings. The number of hydrogen-bond acceptors (Lipinski definition) is 5. The molecule has 6 nitrogen and oxygen atoms in total. The number of aromatic nitrogens is 1. The lowest BCUT2D eigenvalue weighted by Gasteiger charge is -2.05. The molecule has 0 bridgehead atoms. The van der Waals surface area contributed by atoms with Crippen LogP contribution in [0.2, 0.25) is 0 Å². The first kappa shape index (κ1) is 17.9. The van der Waals surface area contributed by atoms with Crippen molar-refractivity contribution in [1.82, 2.24) is 10.5 Å². The molecule has 2 aromatic carbocycles. The summed E-state index contributed by atoms with van der Waals surface area (Å²) in [6.07, 6.45) is 0. The van der Waals surface area contributed by atoms with Crippen molar-refractivity contribution < 1.29 is 18.8 Å². The van der Waals surface area contributed by atoms with Crippen LogP contribution in [0.25, 0.3) is 11.3 Å². The predicted octanol–water partition coefficient (Wildman–Crippen LogP) is 3.58. The third kappa shape index (κ3) is 4.80. The van der Waals surface area contributed by atoms with Gasteiger partial charge < -0.3 is 14.6 Å². The third-order valence-electron chi connectivity index (χ3n) is 3.48. The molecule has 1 aromatic heterocycles. The largest absolute Gasteiger partial charge is 0.458 e. The van der Waals surface area contributed by atoms with E-state index in [0.717, 1.165) is 10.0 Å². The molecule has 132 valence electrons. The van der Waals surface area contributed by atoms with Crippen molar-refractivity contribution in [3.63, 3.8) is 0 Å². The highest BCUT2D eigenvalue weighted by Crippen LogP contribution is 2.20. The van der Waals surface area contributed by atoms with E-state index in [-0.39, 0.29) is 19.1 Å². The first-order valence-electron chi connectivity index (χ1n) is 7.82. The SMILES string of the molecule is O=C(CNC(=O)c1cccc(Br)c1)OCc1cc(-c2ccccc2)on1. The maximum Gasteiger partial charge on any atom is 0.325 e. The van der Waals surface area contributed by atoms with Crippen molar-refractivity contribution >= 4 is 27.8 Å². The first-order chi connectivity index (χ1) is 12.6. The number of amides is 1. The minimum atomic E-state index is -0.558. The molecule has 7 heteroatoms. The molecular weight excluding hydrogens is 400 g/mol. The van der Waals surface area contributed by atoms with Crippen LogP contribution in [0.1, 0.15) is 16.1 Å². The molecule has 0 saturated heterocycles. The Hall–Kier alpha value is -2.93. The lowest BCUT2D eigenvalue weighted by molar-refractivity contribution is -0.143. The van der Waals surface area contributed by atoms with Gasteiger partial charge in [0, 0.05) is 21.7 Å². The van der Waals surface area contributed by atoms with Gasteiger partial charge in [0.1, 0.15) is 18.8 Å². The summed E-state index contributed by atoms with van der Waals surface area (Å²) in [5, 5.41) is 6.39. The Balaban J connectivity index is 1.47. The molecule has 1 amide bonds. The molecule has 0 atom stereocenters. The monoisotopic (exact) mass is 414 g/mol. The minimum Gasteiger partial charge on any atom is -0.458 e. The highest BCUT2D eigenvalue weighted by Gasteiger charge is 2.11. The molecule has 1 heterocycles. The fourth-order valence-corrected chi connectivity index (χ4v) is 2.61. The van der Waals surface area contributed by atoms with E-state index in [0.29, 0.717) is 17.0 Å². The Morgan fingerprint density at radius 2 is 1.88 bits per heavy atom. The highest BCUT2D eigenvalue weighted by atomic mass is 79.9. The number of rotatable bonds is 6. The average Bonchev–Trinajstić information content (AvgIpc) is 3.14. The van der Waals surface area contributed by atoms with Crippen LogP contribution in [0.3, 0.4) is 0 Å². The van der Waals surface area contributed by atoms with Gasteiger partial charge in [-0.2, -0.15) is 0 Å². The summed E-state index contributed by atoms with van der Waals surface area (Å²) in [5.74, 6) is -0.312. The van der Waals surface area contributed by atoms with Gasteiger partial charge in [-0.3, -0.25) is 9.59 Å². The smallest absolute Gasteiger partial charge is 0.325 e. The van der Waals surface area contributed by atoms with Gasteiger partial charge in [-0.25, -0.2) is 0 Å². The van der Waals surface area contributed by atoms with E-state index in [1.165, 1.54) is 0 Å². The zero-order chi connectivity index (χ0) is 18.4. The molecular formula is C19H15BrN2O4. The number of nitrogens with one attached hydrogen (secondary N) is 1. The molecule has 0 spiro atoms. The van der Waals surface area contributed by atoms with Gasteiger partial charge in [0.05, 0.1) is 0 Å². The molecule has 26 heavy (non-hydrogen) atoms. The van der Waals surface area contributed by atoms with E-state index >= 15 is 0 Å². The Morgan fingerprint density at radius 3 is 2.65 bits per heavy atom. The molecule has 0 aliphatic heterocycles. The van der Waals surface area contributed by atoms with E-state index in [1.54, 1.807) is 24.3 Å². The number of ether oxygens (including phenoxy) is 1. The molecule has 0 saturated carbocycles. The average molecular weight is 415 g/mol. The second-order valence-electron chi connectivity index (χ2n) is 5.40. The molecule has 1 N–H and O–H groups in total. The zero-order valence-corrected chi connectivity index (χ0v) is 15.2. The van der Waals surface area contributed by atoms with Crippen molar-refractivity contribution in [1.29, 1.82) is 0 Å². The van der Waals surface area contributed by atoms with Crippen LogP contribution in [-0.2, 0) is 16.1 Å². The van der Waals surface area contributed by atoms with Crippen LogP contribution in [0, 0.1) is 0 Å². The van der Waals surface area contributed by atoms with Crippen LogP contribution < -0.4 is 5.32 Å². The van der Waals surface area contributed by atoms with Gasteiger partial charge in [-0.15, -0.1) is 0 Å². The molecule has 0 aliphatic rings. The maximum atomic E-state index is 12.0. The summed E-state index contributed by atoms with van der Waals surface area (Å²) >= 11 is 3.29. The quantitative estimate of drug-likeness (QED) is 0.623. The van der Waals surface area contributed by atoms with Crippen LogP contribution in [0.5, 0.6) is 0 Å². The minimum absolute atomic E-state index is 0.0259. The van der Waals surface area contributed by atoms with Crippen molar-refractivity contribution in [3.05, 3.63) is 76.4 Å². The summed E-state index contributed by atoms with van der Waals surface area (Å²) in [6.45, 7) is -0.253. The number of benzene rings is 2. The second-order valence-corrected chi connectivity index (χ2v) is 6.32. The summed E-state index contributed by atoms with van der Waals surface area (Å²) in [4.78, 5) is 23.8. The number of hydrogen-bond donors (Lipinski definition) is 1. The molecule has 0 fully saturated rings. The lowest BCUT2D eigenvalue weighted by Crippen LogP contribution is -2.30. The highest BCUT2D eigenvalue weighted by molar-refractivity contribution is 9.10. The Labute approximate surface area is 158 Å². The van der Waals surface area contributed by atoms with Crippen LogP contribution >= 0.6 is 15.9 Å². The van der Waals surface area contributed by atoms with E-state index in [9.17, 15) is 9.59 Å². The van der Waals surface area contributed by atoms with Crippen molar-refractivity contribution in [2.75, 3.05) is 6.54 Å². The second kappa shape index (κ2) is 8.44. The van der Waals surface area contributed by atoms with Gasteiger partial charge in [0.15, 0.2) is 5.76 Å². The standard InChI is InChI=1S/C19H15BrN2O4/c20-15-8-4-7-14(9-15)19(24)21-11-18(23)25-12-16-10-17(26-22-16)13-5-2-1-3-6-13/h1-10H,11-12H2,(H,21,24). The number of esters is 1. The van der Waals surface area contributed by atoms with E-state index < -0.39 is 5.97 Å². The third-order valence-corrected chi connectivity index (χ3v) is 3.97. The van der Waals surface area contributed by atoms with Gasteiger partial charge >= 0.3 is 5.97 Å². The summed E-state index contributed by atoms with van der Waals surface area (Å²) < 4.78 is 11.1. The summed E-state index contributed by atoms with van der Waals surface area (Å²) in [5.41, 5.74) is 1.84. The molecule has 0 radical (unpaired) electrons. The molecule has 0 aliphatic carbocycles. The number of carbonyl (C=O) groups excluding carboxylic acids is 2. The van der Waals surface area contributed by atoms with E-state index in [4.69, 9.17) is 9.26 Å². The topological polar surface area (TPSA) is 81.4 Å². The van der Waals surface area contributed by atoms with Crippen LogP contribution in [0.15, 0.2) is 69.7 Å². The van der Waals surface area contributed by atoms with Gasteiger partial charge in [-0.1, -0.05) is 57.5 Å². The number of halogens is 1. The van der Waals surface area contributed by atoms with Crippen LogP contribution in [-0.4, -0.2) is 23.6 Å². The molecule has 3 rings (SSSR count). The zero-order valence-electron chi connectivity index (χ0n) is 13.6. The van der Waals surface area contributed by atoms with Crippen molar-refractivity contribution in [3.8, 4) is 11.3 Å². The van der Waals surface area contributed by atoms with Crippen LogP contribution in [0.4, 0.5) is 0 Å². The Morgan fingerprint density at radius 1 is 1.08 bits per heavy atom. The van der Waals surface area contributed by atoms with E-state index in [1.807, 2.05) is 36.4 Å². The lowest BCUT2D eigenvalue weighted by atomic mass is 10.2. The maximum absolute atomic E-state index is 12.0. The number of nitrogens with zero attached hydrogens (tertiary/aromatic N) is 1. The fourth-order valence-electron chi connectivity index (χ4n) is 2.21. The normalized spacial score (nSPS) is 10.3. The van der Waals surface area contributed by atoms with Gasteiger partial charge in [0.25, 0.3) is 5.91 Å². The van der Waals surface area contributed by atoms with E-state index in [2.05, 4.69) is 26.4 Å². The molecule has 0 unspecified atom stereocenters. The van der Waals surface area contributed by atoms with Crippen molar-refractivity contribution in [2.45, 2.75) is 6.61 Å². The summed E-state index contributed by atoms with van der Waals surface area (Å²) in [6, 6.07) is 18.1. The van der Waals surface area contributed by atoms with Crippen molar-refractivity contribution in [2.24, 2.45) is 0 Å². The fraction of sp³-hybridized carbons (Fsp3) is 0.105.